The first-order valence-electron chi connectivity index (χ1n) is 8.85. The quantitative estimate of drug-likeness (QED) is 0.453. The molecule has 1 aromatic heterocycles. The second kappa shape index (κ2) is 7.09. The Morgan fingerprint density at radius 1 is 0.857 bits per heavy atom. The van der Waals surface area contributed by atoms with Crippen molar-refractivity contribution in [2.75, 3.05) is 0 Å². The minimum absolute atomic E-state index is 0.0723. The van der Waals surface area contributed by atoms with Gasteiger partial charge in [-0.3, -0.25) is 4.79 Å². The number of carbonyl (C=O) groups is 1. The van der Waals surface area contributed by atoms with Gasteiger partial charge in [-0.05, 0) is 25.1 Å². The Morgan fingerprint density at radius 2 is 1.50 bits per heavy atom. The highest BCUT2D eigenvalue weighted by molar-refractivity contribution is 7.90. The number of sulfone groups is 1. The highest BCUT2D eigenvalue weighted by Crippen LogP contribution is 2.31. The van der Waals surface area contributed by atoms with Crippen molar-refractivity contribution in [2.24, 2.45) is 0 Å². The van der Waals surface area contributed by atoms with Gasteiger partial charge in [-0.1, -0.05) is 66.2 Å². The standard InChI is InChI=1S/C23H18O4S/c1-16-11-13-18(14-12-16)28(25,26)15-20-19-9-5-6-10-21(19)27-23(20)22(24)17-7-3-2-4-8-17/h2-14H,15H2,1H3. The van der Waals surface area contributed by atoms with Crippen molar-refractivity contribution in [1.29, 1.82) is 0 Å². The van der Waals surface area contributed by atoms with Crippen LogP contribution in [0.4, 0.5) is 0 Å². The molecule has 0 spiro atoms. The minimum Gasteiger partial charge on any atom is -0.452 e. The molecule has 0 atom stereocenters. The maximum absolute atomic E-state index is 13.0. The number of fused-ring (bicyclic) bond motifs is 1. The van der Waals surface area contributed by atoms with E-state index in [4.69, 9.17) is 4.42 Å². The molecule has 140 valence electrons. The smallest absolute Gasteiger partial charge is 0.228 e. The molecule has 5 heteroatoms. The molecule has 0 aliphatic carbocycles. The van der Waals surface area contributed by atoms with Crippen LogP contribution in [0.15, 0.2) is 88.2 Å². The third-order valence-electron chi connectivity index (χ3n) is 4.65. The zero-order chi connectivity index (χ0) is 19.7. The molecule has 0 radical (unpaired) electrons. The number of carbonyl (C=O) groups excluding carboxylic acids is 1. The van der Waals surface area contributed by atoms with Crippen molar-refractivity contribution in [3.8, 4) is 0 Å². The summed E-state index contributed by atoms with van der Waals surface area (Å²) in [4.78, 5) is 13.2. The second-order valence-corrected chi connectivity index (χ2v) is 8.66. The van der Waals surface area contributed by atoms with Crippen molar-refractivity contribution in [1.82, 2.24) is 0 Å². The van der Waals surface area contributed by atoms with Crippen LogP contribution >= 0.6 is 0 Å². The monoisotopic (exact) mass is 390 g/mol. The summed E-state index contributed by atoms with van der Waals surface area (Å²) in [5.74, 6) is -0.560. The Morgan fingerprint density at radius 3 is 2.21 bits per heavy atom. The summed E-state index contributed by atoms with van der Waals surface area (Å²) in [7, 11) is -3.64. The van der Waals surface area contributed by atoms with E-state index in [0.717, 1.165) is 5.56 Å². The predicted octanol–water partition coefficient (Wildman–Crippen LogP) is 4.95. The highest BCUT2D eigenvalue weighted by Gasteiger charge is 2.26. The summed E-state index contributed by atoms with van der Waals surface area (Å²) in [5.41, 5.74) is 2.32. The molecule has 0 saturated heterocycles. The molecule has 4 rings (SSSR count). The fraction of sp³-hybridized carbons (Fsp3) is 0.0870. The lowest BCUT2D eigenvalue weighted by Gasteiger charge is -2.06. The number of benzene rings is 3. The first kappa shape index (κ1) is 18.2. The molecule has 3 aromatic carbocycles. The van der Waals surface area contributed by atoms with Gasteiger partial charge in [-0.15, -0.1) is 0 Å². The Labute approximate surface area is 163 Å². The van der Waals surface area contributed by atoms with E-state index < -0.39 is 9.84 Å². The summed E-state index contributed by atoms with van der Waals surface area (Å²) in [6.45, 7) is 1.90. The van der Waals surface area contributed by atoms with E-state index in [0.29, 0.717) is 22.1 Å². The van der Waals surface area contributed by atoms with Crippen LogP contribution in [0.25, 0.3) is 11.0 Å². The van der Waals surface area contributed by atoms with Crippen LogP contribution < -0.4 is 0 Å². The van der Waals surface area contributed by atoms with Crippen LogP contribution in [0, 0.1) is 6.92 Å². The molecule has 28 heavy (non-hydrogen) atoms. The number of furan rings is 1. The van der Waals surface area contributed by atoms with Crippen molar-refractivity contribution < 1.29 is 17.6 Å². The third-order valence-corrected chi connectivity index (χ3v) is 6.31. The number of hydrogen-bond donors (Lipinski definition) is 0. The average Bonchev–Trinajstić information content (AvgIpc) is 3.06. The predicted molar refractivity (Wildman–Crippen MR) is 108 cm³/mol. The lowest BCUT2D eigenvalue weighted by atomic mass is 10.0. The molecule has 0 bridgehead atoms. The third kappa shape index (κ3) is 3.37. The summed E-state index contributed by atoms with van der Waals surface area (Å²) < 4.78 is 31.8. The normalized spacial score (nSPS) is 11.6. The van der Waals surface area contributed by atoms with Crippen LogP contribution in [-0.2, 0) is 15.6 Å². The van der Waals surface area contributed by atoms with E-state index in [1.54, 1.807) is 72.8 Å². The lowest BCUT2D eigenvalue weighted by Crippen LogP contribution is -2.09. The number of para-hydroxylation sites is 1. The van der Waals surface area contributed by atoms with Crippen molar-refractivity contribution in [2.45, 2.75) is 17.6 Å². The summed E-state index contributed by atoms with van der Waals surface area (Å²) in [5, 5.41) is 0.637. The largest absolute Gasteiger partial charge is 0.452 e. The first-order valence-corrected chi connectivity index (χ1v) is 10.5. The fourth-order valence-electron chi connectivity index (χ4n) is 3.17. The van der Waals surface area contributed by atoms with Gasteiger partial charge in [0.05, 0.1) is 10.6 Å². The van der Waals surface area contributed by atoms with Gasteiger partial charge in [0.2, 0.25) is 5.78 Å². The Balaban J connectivity index is 1.84. The zero-order valence-corrected chi connectivity index (χ0v) is 16.1. The molecule has 0 aliphatic heterocycles. The first-order chi connectivity index (χ1) is 13.5. The topological polar surface area (TPSA) is 64.3 Å². The number of aryl methyl sites for hydroxylation is 1. The van der Waals surface area contributed by atoms with Gasteiger partial charge < -0.3 is 4.42 Å². The molecule has 0 fully saturated rings. The van der Waals surface area contributed by atoms with E-state index >= 15 is 0 Å². The Kier molecular flexibility index (Phi) is 4.61. The fourth-order valence-corrected chi connectivity index (χ4v) is 4.55. The van der Waals surface area contributed by atoms with Gasteiger partial charge in [-0.2, -0.15) is 0 Å². The summed E-state index contributed by atoms with van der Waals surface area (Å²) in [6.07, 6.45) is 0. The van der Waals surface area contributed by atoms with Crippen molar-refractivity contribution >= 4 is 26.6 Å². The minimum atomic E-state index is -3.64. The molecular formula is C23H18O4S. The van der Waals surface area contributed by atoms with Gasteiger partial charge in [0.25, 0.3) is 0 Å². The van der Waals surface area contributed by atoms with E-state index in [1.165, 1.54) is 0 Å². The van der Waals surface area contributed by atoms with Crippen LogP contribution in [0.2, 0.25) is 0 Å². The molecule has 0 amide bonds. The van der Waals surface area contributed by atoms with Crippen LogP contribution in [0.1, 0.15) is 27.2 Å². The molecule has 0 unspecified atom stereocenters. The lowest BCUT2D eigenvalue weighted by molar-refractivity contribution is 0.101. The molecular weight excluding hydrogens is 372 g/mol. The molecule has 0 saturated carbocycles. The number of hydrogen-bond acceptors (Lipinski definition) is 4. The Hall–Kier alpha value is -3.18. The van der Waals surface area contributed by atoms with Crippen molar-refractivity contribution in [3.63, 3.8) is 0 Å². The average molecular weight is 390 g/mol. The summed E-state index contributed by atoms with van der Waals surface area (Å²) >= 11 is 0. The van der Waals surface area contributed by atoms with E-state index in [2.05, 4.69) is 0 Å². The maximum Gasteiger partial charge on any atom is 0.228 e. The molecule has 0 aliphatic rings. The highest BCUT2D eigenvalue weighted by atomic mass is 32.2. The second-order valence-electron chi connectivity index (χ2n) is 6.67. The molecule has 0 N–H and O–H groups in total. The number of rotatable bonds is 5. The molecule has 1 heterocycles. The molecule has 4 nitrogen and oxygen atoms in total. The van der Waals surface area contributed by atoms with Crippen molar-refractivity contribution in [3.05, 3.63) is 101 Å². The van der Waals surface area contributed by atoms with E-state index in [-0.39, 0.29) is 22.2 Å². The van der Waals surface area contributed by atoms with Crippen LogP contribution in [0.5, 0.6) is 0 Å². The number of ketones is 1. The SMILES string of the molecule is Cc1ccc(S(=O)(=O)Cc2c(C(=O)c3ccccc3)oc3ccccc23)cc1. The molecule has 4 aromatic rings. The van der Waals surface area contributed by atoms with Gasteiger partial charge in [0, 0.05) is 16.5 Å². The van der Waals surface area contributed by atoms with Gasteiger partial charge in [0.1, 0.15) is 5.58 Å². The van der Waals surface area contributed by atoms with Crippen LogP contribution in [0.3, 0.4) is 0 Å². The van der Waals surface area contributed by atoms with Gasteiger partial charge in [-0.25, -0.2) is 8.42 Å². The summed E-state index contributed by atoms with van der Waals surface area (Å²) in [6, 6.07) is 22.5. The van der Waals surface area contributed by atoms with E-state index in [1.807, 2.05) is 13.0 Å². The van der Waals surface area contributed by atoms with E-state index in [9.17, 15) is 13.2 Å². The maximum atomic E-state index is 13.0. The van der Waals surface area contributed by atoms with Gasteiger partial charge in [0.15, 0.2) is 15.6 Å². The van der Waals surface area contributed by atoms with Crippen LogP contribution in [-0.4, -0.2) is 14.2 Å². The van der Waals surface area contributed by atoms with Gasteiger partial charge >= 0.3 is 0 Å². The Bertz CT molecular complexity index is 1250. The zero-order valence-electron chi connectivity index (χ0n) is 15.3.